The summed E-state index contributed by atoms with van der Waals surface area (Å²) in [6.45, 7) is 5.25. The van der Waals surface area contributed by atoms with Crippen LogP contribution in [0.1, 0.15) is 32.4 Å². The van der Waals surface area contributed by atoms with Crippen LogP contribution in [0.2, 0.25) is 5.02 Å². The van der Waals surface area contributed by atoms with Gasteiger partial charge in [0, 0.05) is 0 Å². The highest BCUT2D eigenvalue weighted by atomic mass is 35.5. The summed E-state index contributed by atoms with van der Waals surface area (Å²) < 4.78 is 16.2. The Morgan fingerprint density at radius 2 is 2.07 bits per heavy atom. The number of nitrogens with zero attached hydrogens (tertiary/aromatic N) is 3. The van der Waals surface area contributed by atoms with Crippen LogP contribution >= 0.6 is 23.4 Å². The topological polar surface area (TPSA) is 110 Å². The average molecular weight is 449 g/mol. The van der Waals surface area contributed by atoms with Gasteiger partial charge in [-0.15, -0.1) is 0 Å². The van der Waals surface area contributed by atoms with Gasteiger partial charge in [-0.1, -0.05) is 11.6 Å². The minimum absolute atomic E-state index is 0.208. The summed E-state index contributed by atoms with van der Waals surface area (Å²) in [6, 6.07) is 4.76. The number of amidine groups is 1. The Hall–Kier alpha value is -2.83. The maximum Gasteiger partial charge on any atom is 0.338 e. The van der Waals surface area contributed by atoms with Gasteiger partial charge in [0.05, 0.1) is 42.7 Å². The van der Waals surface area contributed by atoms with E-state index in [1.54, 1.807) is 37.8 Å². The molecule has 1 aromatic carbocycles. The quantitative estimate of drug-likeness (QED) is 0.679. The first-order valence-corrected chi connectivity index (χ1v) is 10.2. The Kier molecular flexibility index (Phi) is 6.19. The first-order chi connectivity index (χ1) is 14.2. The normalized spacial score (nSPS) is 18.3. The van der Waals surface area contributed by atoms with Gasteiger partial charge in [0.15, 0.2) is 16.7 Å². The van der Waals surface area contributed by atoms with E-state index in [0.717, 1.165) is 11.8 Å². The lowest BCUT2D eigenvalue weighted by Crippen LogP contribution is -2.39. The number of esters is 1. The lowest BCUT2D eigenvalue weighted by Gasteiger charge is -2.35. The van der Waals surface area contributed by atoms with Crippen LogP contribution in [0.5, 0.6) is 11.5 Å². The molecule has 0 fully saturated rings. The number of rotatable bonds is 5. The lowest BCUT2D eigenvalue weighted by atomic mass is 9.94. The minimum atomic E-state index is -0.709. The third kappa shape index (κ3) is 3.68. The lowest BCUT2D eigenvalue weighted by molar-refractivity contribution is -0.143. The minimum Gasteiger partial charge on any atom is -0.493 e. The van der Waals surface area contributed by atoms with Gasteiger partial charge >= 0.3 is 5.97 Å². The summed E-state index contributed by atoms with van der Waals surface area (Å²) in [5.74, 6) is 0.453. The zero-order valence-corrected chi connectivity index (χ0v) is 18.7. The maximum atomic E-state index is 13.0. The summed E-state index contributed by atoms with van der Waals surface area (Å²) in [7, 11) is 2.98. The molecular weight excluding hydrogens is 428 g/mol. The Labute approximate surface area is 183 Å². The number of hydrogen-bond acceptors (Lipinski definition) is 9. The number of nitriles is 1. The molecule has 0 amide bonds. The van der Waals surface area contributed by atoms with E-state index in [1.165, 1.54) is 14.2 Å². The molecule has 0 radical (unpaired) electrons. The molecule has 1 atom stereocenters. The Balaban J connectivity index is 2.24. The highest BCUT2D eigenvalue weighted by Gasteiger charge is 2.43. The zero-order valence-electron chi connectivity index (χ0n) is 17.1. The number of thioether (sulfide) groups is 1. The van der Waals surface area contributed by atoms with E-state index in [4.69, 9.17) is 31.5 Å². The van der Waals surface area contributed by atoms with E-state index in [-0.39, 0.29) is 11.9 Å². The van der Waals surface area contributed by atoms with E-state index in [1.807, 2.05) is 0 Å². The highest BCUT2D eigenvalue weighted by Crippen LogP contribution is 2.48. The summed E-state index contributed by atoms with van der Waals surface area (Å²) in [6.07, 6.45) is -0.326. The molecule has 8 nitrogen and oxygen atoms in total. The van der Waals surface area contributed by atoms with Gasteiger partial charge in [0.25, 0.3) is 0 Å². The van der Waals surface area contributed by atoms with Crippen LogP contribution in [0.25, 0.3) is 0 Å². The van der Waals surface area contributed by atoms with E-state index in [0.29, 0.717) is 43.4 Å². The van der Waals surface area contributed by atoms with Crippen LogP contribution in [-0.2, 0) is 9.53 Å². The zero-order chi connectivity index (χ0) is 22.2. The molecule has 2 aliphatic heterocycles. The molecule has 0 spiro atoms. The number of nitrogens with two attached hydrogens (primary N) is 1. The third-order valence-electron chi connectivity index (χ3n) is 4.51. The van der Waals surface area contributed by atoms with Gasteiger partial charge in [-0.2, -0.15) is 5.26 Å². The van der Waals surface area contributed by atoms with Gasteiger partial charge in [-0.3, -0.25) is 4.90 Å². The Bertz CT molecular complexity index is 1040. The third-order valence-corrected chi connectivity index (χ3v) is 5.77. The molecule has 3 rings (SSSR count). The molecular formula is C20H21ClN4O4S. The molecule has 2 aliphatic rings. The first kappa shape index (κ1) is 21.9. The van der Waals surface area contributed by atoms with Crippen molar-refractivity contribution < 1.29 is 19.0 Å². The second-order valence-corrected chi connectivity index (χ2v) is 8.17. The second-order valence-electron chi connectivity index (χ2n) is 6.79. The van der Waals surface area contributed by atoms with Crippen molar-refractivity contribution in [3.63, 3.8) is 0 Å². The number of hydrogen-bond donors (Lipinski definition) is 1. The molecule has 0 saturated heterocycles. The number of carbonyl (C=O) groups excluding carboxylic acids is 1. The first-order valence-electron chi connectivity index (χ1n) is 9.02. The van der Waals surface area contributed by atoms with Crippen molar-refractivity contribution in [2.75, 3.05) is 14.2 Å². The Morgan fingerprint density at radius 3 is 2.63 bits per heavy atom. The monoisotopic (exact) mass is 448 g/mol. The average Bonchev–Trinajstić information content (AvgIpc) is 3.00. The molecule has 10 heteroatoms. The van der Waals surface area contributed by atoms with Gasteiger partial charge in [-0.05, 0) is 50.2 Å². The molecule has 0 aliphatic carbocycles. The number of allylic oxidation sites excluding steroid dienone is 2. The molecule has 0 saturated carbocycles. The summed E-state index contributed by atoms with van der Waals surface area (Å²) in [5, 5.41) is 10.2. The molecule has 2 heterocycles. The van der Waals surface area contributed by atoms with Crippen molar-refractivity contribution in [3.05, 3.63) is 44.7 Å². The largest absolute Gasteiger partial charge is 0.493 e. The summed E-state index contributed by atoms with van der Waals surface area (Å²) >= 11 is 7.58. The van der Waals surface area contributed by atoms with Crippen LogP contribution in [0.4, 0.5) is 0 Å². The highest BCUT2D eigenvalue weighted by molar-refractivity contribution is 8.17. The molecule has 0 unspecified atom stereocenters. The van der Waals surface area contributed by atoms with Gasteiger partial charge < -0.3 is 19.9 Å². The number of ether oxygens (including phenoxy) is 3. The number of fused-ring (bicyclic) bond motifs is 1. The molecule has 158 valence electrons. The molecule has 2 N–H and O–H groups in total. The van der Waals surface area contributed by atoms with E-state index >= 15 is 0 Å². The van der Waals surface area contributed by atoms with E-state index in [9.17, 15) is 10.1 Å². The van der Waals surface area contributed by atoms with Crippen molar-refractivity contribution >= 4 is 34.5 Å². The van der Waals surface area contributed by atoms with Crippen LogP contribution in [0.3, 0.4) is 0 Å². The fraction of sp³-hybridized carbons (Fsp3) is 0.350. The van der Waals surface area contributed by atoms with E-state index in [2.05, 4.69) is 11.1 Å². The number of benzene rings is 1. The smallest absolute Gasteiger partial charge is 0.338 e. The number of methoxy groups -OCH3 is 2. The van der Waals surface area contributed by atoms with Crippen molar-refractivity contribution in [2.45, 2.75) is 32.9 Å². The number of aliphatic imine (C=N–C) groups is 1. The van der Waals surface area contributed by atoms with Crippen LogP contribution in [-0.4, -0.2) is 36.4 Å². The standard InChI is InChI=1S/C20H21ClN4O4S/c1-9(2)29-19(26)15-10(3)24-20-25(18(23)14(8-22)30-20)16(15)11-6-12(21)17(28-5)13(7-11)27-4/h6-7,9,16H,23H2,1-5H3/t16-/m0/s1. The van der Waals surface area contributed by atoms with Crippen molar-refractivity contribution in [1.29, 1.82) is 5.26 Å². The summed E-state index contributed by atoms with van der Waals surface area (Å²) in [4.78, 5) is 19.5. The molecule has 30 heavy (non-hydrogen) atoms. The van der Waals surface area contributed by atoms with Crippen LogP contribution in [0, 0.1) is 11.3 Å². The second kappa shape index (κ2) is 8.50. The number of halogens is 1. The van der Waals surface area contributed by atoms with Crippen molar-refractivity contribution in [2.24, 2.45) is 10.7 Å². The van der Waals surface area contributed by atoms with Crippen LogP contribution < -0.4 is 15.2 Å². The van der Waals surface area contributed by atoms with Gasteiger partial charge in [0.2, 0.25) is 0 Å². The predicted octanol–water partition coefficient (Wildman–Crippen LogP) is 3.69. The molecule has 0 bridgehead atoms. The Morgan fingerprint density at radius 1 is 1.37 bits per heavy atom. The SMILES string of the molecule is COc1cc([C@H]2C(C(=O)OC(C)C)=C(C)N=C3SC(C#N)=C(N)N32)cc(Cl)c1OC. The van der Waals surface area contributed by atoms with Crippen molar-refractivity contribution in [3.8, 4) is 17.6 Å². The van der Waals surface area contributed by atoms with Crippen molar-refractivity contribution in [1.82, 2.24) is 4.90 Å². The molecule has 1 aromatic rings. The number of carbonyl (C=O) groups is 1. The van der Waals surface area contributed by atoms with E-state index < -0.39 is 12.0 Å². The summed E-state index contributed by atoms with van der Waals surface area (Å²) in [5.41, 5.74) is 7.66. The van der Waals surface area contributed by atoms with Crippen LogP contribution in [0.15, 0.2) is 39.1 Å². The van der Waals surface area contributed by atoms with Gasteiger partial charge in [0.1, 0.15) is 16.8 Å². The maximum absolute atomic E-state index is 13.0. The predicted molar refractivity (Wildman–Crippen MR) is 115 cm³/mol. The molecule has 0 aromatic heterocycles. The van der Waals surface area contributed by atoms with Gasteiger partial charge in [-0.25, -0.2) is 9.79 Å². The fourth-order valence-electron chi connectivity index (χ4n) is 3.29. The fourth-order valence-corrected chi connectivity index (χ4v) is 4.50.